The smallest absolute Gasteiger partial charge is 0.125 e. The minimum atomic E-state index is -0.322. The quantitative estimate of drug-likeness (QED) is 0.944. The number of furan rings is 1. The van der Waals surface area contributed by atoms with Crippen LogP contribution in [0.25, 0.3) is 0 Å². The van der Waals surface area contributed by atoms with Gasteiger partial charge >= 0.3 is 0 Å². The maximum Gasteiger partial charge on any atom is 0.125 e. The molecule has 0 saturated heterocycles. The normalized spacial score (nSPS) is 12.5. The van der Waals surface area contributed by atoms with Gasteiger partial charge in [-0.25, -0.2) is 0 Å². The fourth-order valence-electron chi connectivity index (χ4n) is 1.71. The second-order valence-corrected chi connectivity index (χ2v) is 4.69. The van der Waals surface area contributed by atoms with Gasteiger partial charge in [0.2, 0.25) is 0 Å². The van der Waals surface area contributed by atoms with E-state index in [9.17, 15) is 0 Å². The summed E-state index contributed by atoms with van der Waals surface area (Å²) < 4.78 is 11.7. The van der Waals surface area contributed by atoms with Gasteiger partial charge in [0.25, 0.3) is 0 Å². The van der Waals surface area contributed by atoms with Crippen LogP contribution in [0, 0.1) is 6.92 Å². The minimum absolute atomic E-state index is 0.322. The SMILES string of the molecule is COc1cc(C)c(Br)cc1C(N)c1ccco1. The van der Waals surface area contributed by atoms with E-state index < -0.39 is 0 Å². The molecule has 0 amide bonds. The van der Waals surface area contributed by atoms with Crippen LogP contribution in [0.3, 0.4) is 0 Å². The van der Waals surface area contributed by atoms with Crippen LogP contribution in [0.2, 0.25) is 0 Å². The van der Waals surface area contributed by atoms with Crippen molar-refractivity contribution in [2.75, 3.05) is 7.11 Å². The molecule has 90 valence electrons. The zero-order valence-electron chi connectivity index (χ0n) is 9.74. The molecule has 2 rings (SSSR count). The van der Waals surface area contributed by atoms with Crippen molar-refractivity contribution in [2.45, 2.75) is 13.0 Å². The summed E-state index contributed by atoms with van der Waals surface area (Å²) in [6.07, 6.45) is 1.62. The highest BCUT2D eigenvalue weighted by Gasteiger charge is 2.17. The van der Waals surface area contributed by atoms with Gasteiger partial charge < -0.3 is 14.9 Å². The van der Waals surface area contributed by atoms with Crippen LogP contribution in [0.1, 0.15) is 22.9 Å². The molecule has 0 radical (unpaired) electrons. The third-order valence-electron chi connectivity index (χ3n) is 2.70. The van der Waals surface area contributed by atoms with Crippen LogP contribution < -0.4 is 10.5 Å². The Labute approximate surface area is 109 Å². The highest BCUT2D eigenvalue weighted by atomic mass is 79.9. The van der Waals surface area contributed by atoms with Gasteiger partial charge in [-0.1, -0.05) is 15.9 Å². The zero-order valence-corrected chi connectivity index (χ0v) is 11.3. The van der Waals surface area contributed by atoms with Crippen molar-refractivity contribution in [1.82, 2.24) is 0 Å². The summed E-state index contributed by atoms with van der Waals surface area (Å²) in [7, 11) is 1.64. The molecule has 1 heterocycles. The Morgan fingerprint density at radius 1 is 1.41 bits per heavy atom. The lowest BCUT2D eigenvalue weighted by Gasteiger charge is -2.15. The first kappa shape index (κ1) is 12.2. The van der Waals surface area contributed by atoms with E-state index in [-0.39, 0.29) is 6.04 Å². The molecule has 0 aliphatic heterocycles. The number of hydrogen-bond donors (Lipinski definition) is 1. The molecule has 1 atom stereocenters. The van der Waals surface area contributed by atoms with Gasteiger partial charge in [-0.3, -0.25) is 0 Å². The Bertz CT molecular complexity index is 508. The Kier molecular flexibility index (Phi) is 3.54. The van der Waals surface area contributed by atoms with E-state index in [0.29, 0.717) is 0 Å². The predicted octanol–water partition coefficient (Wildman–Crippen LogP) is 3.41. The number of hydrogen-bond acceptors (Lipinski definition) is 3. The zero-order chi connectivity index (χ0) is 12.4. The van der Waals surface area contributed by atoms with Gasteiger partial charge in [-0.05, 0) is 36.8 Å². The van der Waals surface area contributed by atoms with Crippen molar-refractivity contribution < 1.29 is 9.15 Å². The number of halogens is 1. The van der Waals surface area contributed by atoms with Crippen molar-refractivity contribution in [3.8, 4) is 5.75 Å². The predicted molar refractivity (Wildman–Crippen MR) is 70.2 cm³/mol. The molecule has 0 aliphatic rings. The summed E-state index contributed by atoms with van der Waals surface area (Å²) in [6.45, 7) is 2.01. The van der Waals surface area contributed by atoms with Crippen LogP contribution in [-0.2, 0) is 0 Å². The summed E-state index contributed by atoms with van der Waals surface area (Å²) in [5.41, 5.74) is 8.17. The molecule has 4 heteroatoms. The van der Waals surface area contributed by atoms with Crippen molar-refractivity contribution >= 4 is 15.9 Å². The van der Waals surface area contributed by atoms with E-state index in [1.54, 1.807) is 13.4 Å². The van der Waals surface area contributed by atoms with Gasteiger partial charge in [0, 0.05) is 10.0 Å². The molecule has 0 spiro atoms. The molecule has 0 bridgehead atoms. The summed E-state index contributed by atoms with van der Waals surface area (Å²) in [4.78, 5) is 0. The third-order valence-corrected chi connectivity index (χ3v) is 3.55. The Hall–Kier alpha value is -1.26. The molecule has 3 nitrogen and oxygen atoms in total. The van der Waals surface area contributed by atoms with Crippen LogP contribution in [-0.4, -0.2) is 7.11 Å². The highest BCUT2D eigenvalue weighted by Crippen LogP contribution is 2.33. The van der Waals surface area contributed by atoms with Gasteiger partial charge in [0.1, 0.15) is 11.5 Å². The molecule has 2 aromatic rings. The van der Waals surface area contributed by atoms with Crippen molar-refractivity contribution in [2.24, 2.45) is 5.73 Å². The second kappa shape index (κ2) is 4.94. The number of methoxy groups -OCH3 is 1. The lowest BCUT2D eigenvalue weighted by atomic mass is 10.0. The summed E-state index contributed by atoms with van der Waals surface area (Å²) in [5, 5.41) is 0. The number of ether oxygens (including phenoxy) is 1. The molecule has 1 aromatic carbocycles. The number of nitrogens with two attached hydrogens (primary N) is 1. The van der Waals surface area contributed by atoms with E-state index in [4.69, 9.17) is 14.9 Å². The van der Waals surface area contributed by atoms with Crippen molar-refractivity contribution in [1.29, 1.82) is 0 Å². The molecule has 0 fully saturated rings. The van der Waals surface area contributed by atoms with Crippen LogP contribution in [0.4, 0.5) is 0 Å². The average Bonchev–Trinajstić information content (AvgIpc) is 2.84. The fourth-order valence-corrected chi connectivity index (χ4v) is 2.07. The van der Waals surface area contributed by atoms with Crippen molar-refractivity contribution in [3.63, 3.8) is 0 Å². The van der Waals surface area contributed by atoms with E-state index >= 15 is 0 Å². The minimum Gasteiger partial charge on any atom is -0.496 e. The number of aryl methyl sites for hydroxylation is 1. The Morgan fingerprint density at radius 2 is 2.18 bits per heavy atom. The first-order chi connectivity index (χ1) is 8.13. The molecule has 0 aliphatic carbocycles. The van der Waals surface area contributed by atoms with E-state index in [1.807, 2.05) is 31.2 Å². The maximum absolute atomic E-state index is 6.16. The summed E-state index contributed by atoms with van der Waals surface area (Å²) in [5.74, 6) is 1.49. The van der Waals surface area contributed by atoms with Gasteiger partial charge in [0.05, 0.1) is 19.4 Å². The Morgan fingerprint density at radius 3 is 2.76 bits per heavy atom. The summed E-state index contributed by atoms with van der Waals surface area (Å²) in [6, 6.07) is 7.30. The first-order valence-electron chi connectivity index (χ1n) is 5.26. The molecule has 2 N–H and O–H groups in total. The van der Waals surface area contributed by atoms with Crippen LogP contribution in [0.5, 0.6) is 5.75 Å². The van der Waals surface area contributed by atoms with E-state index in [1.165, 1.54) is 0 Å². The van der Waals surface area contributed by atoms with Crippen LogP contribution in [0.15, 0.2) is 39.4 Å². The van der Waals surface area contributed by atoms with E-state index in [0.717, 1.165) is 27.1 Å². The molecule has 1 aromatic heterocycles. The molecular weight excluding hydrogens is 282 g/mol. The third kappa shape index (κ3) is 2.37. The summed E-state index contributed by atoms with van der Waals surface area (Å²) >= 11 is 3.50. The lowest BCUT2D eigenvalue weighted by molar-refractivity contribution is 0.402. The van der Waals surface area contributed by atoms with Crippen molar-refractivity contribution in [3.05, 3.63) is 51.9 Å². The number of benzene rings is 1. The van der Waals surface area contributed by atoms with Gasteiger partial charge in [0.15, 0.2) is 0 Å². The maximum atomic E-state index is 6.16. The van der Waals surface area contributed by atoms with Gasteiger partial charge in [-0.2, -0.15) is 0 Å². The van der Waals surface area contributed by atoms with Gasteiger partial charge in [-0.15, -0.1) is 0 Å². The first-order valence-corrected chi connectivity index (χ1v) is 6.05. The Balaban J connectivity index is 2.47. The lowest BCUT2D eigenvalue weighted by Crippen LogP contribution is -2.12. The molecule has 1 unspecified atom stereocenters. The fraction of sp³-hybridized carbons (Fsp3) is 0.231. The largest absolute Gasteiger partial charge is 0.496 e. The standard InChI is InChI=1S/C13H14BrNO2/c1-8-6-12(16-2)9(7-10(8)14)13(15)11-4-3-5-17-11/h3-7,13H,15H2,1-2H3. The molecule has 17 heavy (non-hydrogen) atoms. The molecular formula is C13H14BrNO2. The second-order valence-electron chi connectivity index (χ2n) is 3.84. The monoisotopic (exact) mass is 295 g/mol. The average molecular weight is 296 g/mol. The topological polar surface area (TPSA) is 48.4 Å². The molecule has 0 saturated carbocycles. The van der Waals surface area contributed by atoms with E-state index in [2.05, 4.69) is 15.9 Å². The number of rotatable bonds is 3. The highest BCUT2D eigenvalue weighted by molar-refractivity contribution is 9.10. The van der Waals surface area contributed by atoms with Crippen LogP contribution >= 0.6 is 15.9 Å².